The molecule has 0 aliphatic rings. The quantitative estimate of drug-likeness (QED) is 0.0889. The summed E-state index contributed by atoms with van der Waals surface area (Å²) >= 11 is 0. The molecule has 0 fully saturated rings. The SMILES string of the molecule is O=C(CC(=Cc1ccccc1)C[P+](c1ccccc1)(c1ccccc1)c1ccccc1)CC(=Cc1ccccc1)C[P+](c1ccccc1)(c1ccccc1)c1ccccc1. The van der Waals surface area contributed by atoms with Crippen LogP contribution in [0.15, 0.2) is 254 Å². The Hall–Kier alpha value is -6.23. The third kappa shape index (κ3) is 9.30. The highest BCUT2D eigenvalue weighted by atomic mass is 31.2. The van der Waals surface area contributed by atoms with E-state index in [2.05, 4.69) is 255 Å². The van der Waals surface area contributed by atoms with Crippen molar-refractivity contribution in [1.82, 2.24) is 0 Å². The third-order valence-corrected chi connectivity index (χ3v) is 20.1. The number of carbonyl (C=O) groups is 1. The molecule has 0 atom stereocenters. The van der Waals surface area contributed by atoms with Crippen LogP contribution in [0.2, 0.25) is 0 Å². The van der Waals surface area contributed by atoms with Gasteiger partial charge in [-0.25, -0.2) is 0 Å². The fraction of sp³-hybridized carbons (Fsp3) is 0.0702. The molecule has 0 aliphatic carbocycles. The van der Waals surface area contributed by atoms with Gasteiger partial charge in [-0.2, -0.15) is 0 Å². The predicted octanol–water partition coefficient (Wildman–Crippen LogP) is 11.5. The molecule has 1 nitrogen and oxygen atoms in total. The Morgan fingerprint density at radius 3 is 0.717 bits per heavy atom. The van der Waals surface area contributed by atoms with Gasteiger partial charge in [0.1, 0.15) is 52.1 Å². The van der Waals surface area contributed by atoms with Crippen LogP contribution in [0.1, 0.15) is 24.0 Å². The van der Waals surface area contributed by atoms with Crippen LogP contribution in [0.25, 0.3) is 12.2 Å². The number of benzene rings is 8. The second-order valence-electron chi connectivity index (χ2n) is 15.3. The Morgan fingerprint density at radius 2 is 0.500 bits per heavy atom. The topological polar surface area (TPSA) is 17.1 Å². The normalized spacial score (nSPS) is 12.2. The van der Waals surface area contributed by atoms with Gasteiger partial charge in [0.05, 0.1) is 12.3 Å². The van der Waals surface area contributed by atoms with Crippen molar-refractivity contribution in [2.75, 3.05) is 12.3 Å². The van der Waals surface area contributed by atoms with Crippen LogP contribution in [-0.4, -0.2) is 18.1 Å². The number of Topliss-reactive ketones (excluding diaryl/α,β-unsaturated/α-hetero) is 1. The monoisotopic (exact) mass is 812 g/mol. The van der Waals surface area contributed by atoms with Gasteiger partial charge in [-0.1, -0.05) is 182 Å². The van der Waals surface area contributed by atoms with Gasteiger partial charge in [-0.3, -0.25) is 4.79 Å². The maximum absolute atomic E-state index is 15.2. The van der Waals surface area contributed by atoms with Crippen molar-refractivity contribution in [3.05, 3.63) is 265 Å². The summed E-state index contributed by atoms with van der Waals surface area (Å²) < 4.78 is 0. The van der Waals surface area contributed by atoms with Gasteiger partial charge in [0.25, 0.3) is 0 Å². The van der Waals surface area contributed by atoms with Crippen molar-refractivity contribution in [3.8, 4) is 0 Å². The van der Waals surface area contributed by atoms with E-state index < -0.39 is 14.5 Å². The van der Waals surface area contributed by atoms with Crippen LogP contribution in [0, 0.1) is 0 Å². The third-order valence-electron chi connectivity index (χ3n) is 11.3. The Labute approximate surface area is 357 Å². The fourth-order valence-electron chi connectivity index (χ4n) is 8.59. The molecule has 8 rings (SSSR count). The first-order valence-corrected chi connectivity index (χ1v) is 24.7. The van der Waals surface area contributed by atoms with Gasteiger partial charge >= 0.3 is 0 Å². The lowest BCUT2D eigenvalue weighted by Gasteiger charge is -2.29. The zero-order valence-electron chi connectivity index (χ0n) is 33.9. The van der Waals surface area contributed by atoms with Crippen LogP contribution >= 0.6 is 14.5 Å². The first-order valence-electron chi connectivity index (χ1n) is 20.7. The molecule has 0 saturated carbocycles. The van der Waals surface area contributed by atoms with Crippen molar-refractivity contribution in [2.45, 2.75) is 12.8 Å². The van der Waals surface area contributed by atoms with Gasteiger partial charge in [0.15, 0.2) is 0 Å². The molecule has 3 heteroatoms. The van der Waals surface area contributed by atoms with E-state index in [0.29, 0.717) is 12.8 Å². The highest BCUT2D eigenvalue weighted by Gasteiger charge is 2.47. The molecule has 0 amide bonds. The van der Waals surface area contributed by atoms with Crippen molar-refractivity contribution in [1.29, 1.82) is 0 Å². The van der Waals surface area contributed by atoms with Crippen LogP contribution in [-0.2, 0) is 4.79 Å². The number of hydrogen-bond acceptors (Lipinski definition) is 1. The second-order valence-corrected chi connectivity index (χ2v) is 22.2. The standard InChI is InChI=1S/C57H50OP2/c58-51(43-49(41-47-25-9-1-10-26-47)45-59(52-29-13-3-14-30-52,53-31-15-4-16-32-53)54-33-17-5-18-34-54)44-50(42-48-27-11-2-12-28-48)46-60(55-35-19-6-20-36-55,56-37-21-7-22-38-56)57-39-23-8-24-40-57/h1-42H,43-46H2/q+2. The first-order chi connectivity index (χ1) is 29.6. The van der Waals surface area contributed by atoms with Crippen LogP contribution in [0.3, 0.4) is 0 Å². The largest absolute Gasteiger partial charge is 0.299 e. The van der Waals surface area contributed by atoms with Crippen LogP contribution < -0.4 is 31.8 Å². The smallest absolute Gasteiger partial charge is 0.141 e. The summed E-state index contributed by atoms with van der Waals surface area (Å²) in [6.45, 7) is 0. The molecule has 60 heavy (non-hydrogen) atoms. The summed E-state index contributed by atoms with van der Waals surface area (Å²) in [5.41, 5.74) is 4.50. The predicted molar refractivity (Wildman–Crippen MR) is 263 cm³/mol. The van der Waals surface area contributed by atoms with E-state index in [-0.39, 0.29) is 5.78 Å². The molecule has 0 radical (unpaired) electrons. The Morgan fingerprint density at radius 1 is 0.300 bits per heavy atom. The molecule has 0 aliphatic heterocycles. The Balaban J connectivity index is 1.24. The van der Waals surface area contributed by atoms with Crippen molar-refractivity contribution in [2.24, 2.45) is 0 Å². The summed E-state index contributed by atoms with van der Waals surface area (Å²) in [6.07, 6.45) is 6.77. The highest BCUT2D eigenvalue weighted by molar-refractivity contribution is 7.96. The number of ketones is 1. The van der Waals surface area contributed by atoms with Crippen molar-refractivity contribution < 1.29 is 4.79 Å². The number of carbonyl (C=O) groups excluding carboxylic acids is 1. The van der Waals surface area contributed by atoms with Gasteiger partial charge in [0.2, 0.25) is 0 Å². The zero-order chi connectivity index (χ0) is 40.9. The van der Waals surface area contributed by atoms with Crippen LogP contribution in [0.4, 0.5) is 0 Å². The van der Waals surface area contributed by atoms with Crippen molar-refractivity contribution in [3.63, 3.8) is 0 Å². The van der Waals surface area contributed by atoms with E-state index >= 15 is 4.79 Å². The lowest BCUT2D eigenvalue weighted by atomic mass is 10.0. The molecule has 8 aromatic rings. The van der Waals surface area contributed by atoms with E-state index in [0.717, 1.165) is 34.6 Å². The summed E-state index contributed by atoms with van der Waals surface area (Å²) in [7, 11) is -4.55. The van der Waals surface area contributed by atoms with E-state index in [4.69, 9.17) is 0 Å². The maximum atomic E-state index is 15.2. The average Bonchev–Trinajstić information content (AvgIpc) is 3.32. The van der Waals surface area contributed by atoms with E-state index in [1.165, 1.54) is 31.8 Å². The van der Waals surface area contributed by atoms with E-state index in [1.807, 2.05) is 0 Å². The lowest BCUT2D eigenvalue weighted by molar-refractivity contribution is -0.117. The molecule has 0 bridgehead atoms. The number of rotatable bonds is 16. The molecule has 0 N–H and O–H groups in total. The molecular weight excluding hydrogens is 763 g/mol. The molecule has 0 unspecified atom stereocenters. The molecule has 0 heterocycles. The fourth-order valence-corrected chi connectivity index (χ4v) is 17.2. The van der Waals surface area contributed by atoms with Gasteiger partial charge in [-0.05, 0) is 95.1 Å². The first kappa shape index (κ1) is 40.5. The average molecular weight is 813 g/mol. The molecule has 0 spiro atoms. The Bertz CT molecular complexity index is 2230. The van der Waals surface area contributed by atoms with Gasteiger partial charge < -0.3 is 0 Å². The molecule has 0 aromatic heterocycles. The lowest BCUT2D eigenvalue weighted by Crippen LogP contribution is -2.34. The molecule has 0 saturated heterocycles. The minimum Gasteiger partial charge on any atom is -0.299 e. The van der Waals surface area contributed by atoms with Crippen molar-refractivity contribution >= 4 is 64.3 Å². The zero-order valence-corrected chi connectivity index (χ0v) is 35.7. The van der Waals surface area contributed by atoms with Gasteiger partial charge in [-0.15, -0.1) is 0 Å². The van der Waals surface area contributed by atoms with Crippen LogP contribution in [0.5, 0.6) is 0 Å². The van der Waals surface area contributed by atoms with Gasteiger partial charge in [0, 0.05) is 12.8 Å². The summed E-state index contributed by atoms with van der Waals surface area (Å²) in [5, 5.41) is 7.84. The molecule has 8 aromatic carbocycles. The maximum Gasteiger partial charge on any atom is 0.141 e. The number of hydrogen-bond donors (Lipinski definition) is 0. The summed E-state index contributed by atoms with van der Waals surface area (Å²) in [4.78, 5) is 15.2. The molecule has 292 valence electrons. The Kier molecular flexibility index (Phi) is 13.3. The molecular formula is C57H50OP2+2. The second kappa shape index (κ2) is 19.7. The summed E-state index contributed by atoms with van der Waals surface area (Å²) in [6, 6.07) is 87.0. The minimum absolute atomic E-state index is 0.221. The van der Waals surface area contributed by atoms with E-state index in [9.17, 15) is 0 Å². The van der Waals surface area contributed by atoms with E-state index in [1.54, 1.807) is 0 Å². The summed E-state index contributed by atoms with van der Waals surface area (Å²) in [5.74, 6) is 0.221. The highest BCUT2D eigenvalue weighted by Crippen LogP contribution is 2.58. The minimum atomic E-state index is -2.27. The number of allylic oxidation sites excluding steroid dienone is 2.